The van der Waals surface area contributed by atoms with Crippen LogP contribution in [0.5, 0.6) is 0 Å². The molecule has 2 aromatic heterocycles. The van der Waals surface area contributed by atoms with E-state index in [1.807, 2.05) is 22.4 Å². The van der Waals surface area contributed by atoms with Crippen LogP contribution >= 0.6 is 11.3 Å². The zero-order valence-corrected chi connectivity index (χ0v) is 16.2. The molecule has 5 nitrogen and oxygen atoms in total. The molecule has 0 atom stereocenters. The van der Waals surface area contributed by atoms with Gasteiger partial charge < -0.3 is 9.32 Å². The summed E-state index contributed by atoms with van der Waals surface area (Å²) in [6.07, 6.45) is 1.99. The van der Waals surface area contributed by atoms with Gasteiger partial charge in [-0.25, -0.2) is 8.42 Å². The van der Waals surface area contributed by atoms with E-state index in [0.29, 0.717) is 6.54 Å². The fraction of sp³-hybridized carbons (Fsp3) is 0.250. The predicted molar refractivity (Wildman–Crippen MR) is 103 cm³/mol. The van der Waals surface area contributed by atoms with E-state index in [-0.39, 0.29) is 34.1 Å². The van der Waals surface area contributed by atoms with Crippen molar-refractivity contribution in [2.75, 3.05) is 0 Å². The van der Waals surface area contributed by atoms with E-state index in [1.165, 1.54) is 0 Å². The number of furan rings is 1. The average Bonchev–Trinajstić information content (AvgIpc) is 3.17. The number of benzene rings is 1. The minimum absolute atomic E-state index is 0.186. The van der Waals surface area contributed by atoms with Crippen molar-refractivity contribution in [3.63, 3.8) is 0 Å². The summed E-state index contributed by atoms with van der Waals surface area (Å²) in [5, 5.41) is 1.99. The average molecular weight is 402 g/mol. The second-order valence-electron chi connectivity index (χ2n) is 6.58. The van der Waals surface area contributed by atoms with Crippen LogP contribution in [0.4, 0.5) is 0 Å². The summed E-state index contributed by atoms with van der Waals surface area (Å²) in [5.41, 5.74) is 0. The number of hydrogen-bond donors (Lipinski definition) is 0. The van der Waals surface area contributed by atoms with Crippen LogP contribution in [-0.4, -0.2) is 25.3 Å². The molecule has 27 heavy (non-hydrogen) atoms. The van der Waals surface area contributed by atoms with E-state index >= 15 is 0 Å². The smallest absolute Gasteiger partial charge is 0.290 e. The molecule has 2 heterocycles. The summed E-state index contributed by atoms with van der Waals surface area (Å²) >= 11 is 1.62. The third-order valence-corrected chi connectivity index (χ3v) is 6.98. The first-order valence-electron chi connectivity index (χ1n) is 8.73. The number of sulfone groups is 1. The van der Waals surface area contributed by atoms with Gasteiger partial charge in [0.25, 0.3) is 5.91 Å². The monoisotopic (exact) mass is 401 g/mol. The van der Waals surface area contributed by atoms with Gasteiger partial charge in [0.1, 0.15) is 11.5 Å². The Morgan fingerprint density at radius 2 is 1.85 bits per heavy atom. The van der Waals surface area contributed by atoms with Gasteiger partial charge in [0, 0.05) is 10.9 Å². The van der Waals surface area contributed by atoms with Gasteiger partial charge in [0.05, 0.1) is 11.4 Å². The molecule has 140 valence electrons. The van der Waals surface area contributed by atoms with Gasteiger partial charge in [0.15, 0.2) is 15.6 Å². The largest absolute Gasteiger partial charge is 0.455 e. The Hall–Kier alpha value is -2.38. The first-order chi connectivity index (χ1) is 13.0. The van der Waals surface area contributed by atoms with Crippen molar-refractivity contribution in [1.82, 2.24) is 4.90 Å². The maximum atomic E-state index is 12.9. The summed E-state index contributed by atoms with van der Waals surface area (Å²) in [6.45, 7) is 0.555. The van der Waals surface area contributed by atoms with Gasteiger partial charge in [-0.1, -0.05) is 24.3 Å². The van der Waals surface area contributed by atoms with Gasteiger partial charge in [-0.2, -0.15) is 0 Å². The van der Waals surface area contributed by atoms with E-state index in [0.717, 1.165) is 17.7 Å². The minimum Gasteiger partial charge on any atom is -0.455 e. The van der Waals surface area contributed by atoms with Crippen LogP contribution < -0.4 is 0 Å². The molecule has 1 aliphatic carbocycles. The number of nitrogens with zero attached hydrogens (tertiary/aromatic N) is 1. The molecule has 0 radical (unpaired) electrons. The Labute approximate surface area is 162 Å². The summed E-state index contributed by atoms with van der Waals surface area (Å²) < 4.78 is 30.6. The Morgan fingerprint density at radius 1 is 1.07 bits per heavy atom. The Kier molecular flexibility index (Phi) is 4.88. The summed E-state index contributed by atoms with van der Waals surface area (Å²) in [5.74, 6) is 0.0126. The van der Waals surface area contributed by atoms with E-state index in [9.17, 15) is 13.2 Å². The van der Waals surface area contributed by atoms with Crippen LogP contribution in [-0.2, 0) is 22.1 Å². The molecule has 0 spiro atoms. The van der Waals surface area contributed by atoms with Crippen LogP contribution in [0.3, 0.4) is 0 Å². The highest BCUT2D eigenvalue weighted by Gasteiger charge is 2.34. The van der Waals surface area contributed by atoms with Crippen LogP contribution in [0, 0.1) is 0 Å². The zero-order valence-electron chi connectivity index (χ0n) is 14.6. The highest BCUT2D eigenvalue weighted by Crippen LogP contribution is 2.31. The lowest BCUT2D eigenvalue weighted by Gasteiger charge is -2.20. The second kappa shape index (κ2) is 7.32. The highest BCUT2D eigenvalue weighted by molar-refractivity contribution is 7.90. The molecule has 1 amide bonds. The van der Waals surface area contributed by atoms with Crippen LogP contribution in [0.1, 0.15) is 34.0 Å². The first-order valence-corrected chi connectivity index (χ1v) is 11.3. The number of amides is 1. The number of carbonyl (C=O) groups excluding carboxylic acids is 1. The number of hydrogen-bond acceptors (Lipinski definition) is 5. The van der Waals surface area contributed by atoms with Crippen molar-refractivity contribution >= 4 is 27.1 Å². The van der Waals surface area contributed by atoms with Gasteiger partial charge in [-0.3, -0.25) is 4.79 Å². The molecule has 1 fully saturated rings. The maximum Gasteiger partial charge on any atom is 0.290 e. The number of rotatable bonds is 7. The Bertz CT molecular complexity index is 1020. The van der Waals surface area contributed by atoms with Crippen LogP contribution in [0.25, 0.3) is 0 Å². The van der Waals surface area contributed by atoms with Gasteiger partial charge >= 0.3 is 0 Å². The van der Waals surface area contributed by atoms with E-state index in [1.54, 1.807) is 53.8 Å². The van der Waals surface area contributed by atoms with Gasteiger partial charge in [-0.05, 0) is 48.6 Å². The molecule has 0 N–H and O–H groups in total. The number of thiophene rings is 1. The van der Waals surface area contributed by atoms with E-state index in [4.69, 9.17) is 4.42 Å². The fourth-order valence-corrected chi connectivity index (χ4v) is 4.90. The fourth-order valence-electron chi connectivity index (χ4n) is 2.93. The third-order valence-electron chi connectivity index (χ3n) is 4.46. The molecular formula is C20H19NO4S2. The van der Waals surface area contributed by atoms with Gasteiger partial charge in [0.2, 0.25) is 0 Å². The summed E-state index contributed by atoms with van der Waals surface area (Å²) in [6, 6.07) is 15.6. The summed E-state index contributed by atoms with van der Waals surface area (Å²) in [7, 11) is -3.51. The molecular weight excluding hydrogens is 382 g/mol. The van der Waals surface area contributed by atoms with Crippen molar-refractivity contribution in [2.24, 2.45) is 0 Å². The van der Waals surface area contributed by atoms with E-state index in [2.05, 4.69) is 0 Å². The van der Waals surface area contributed by atoms with E-state index < -0.39 is 9.84 Å². The number of carbonyl (C=O) groups is 1. The SMILES string of the molecule is O=C(c1ccc(CS(=O)(=O)c2ccccc2)o1)N(Cc1cccs1)C1CC1. The minimum atomic E-state index is -3.51. The lowest BCUT2D eigenvalue weighted by molar-refractivity contribution is 0.0697. The molecule has 1 aliphatic rings. The second-order valence-corrected chi connectivity index (χ2v) is 9.60. The molecule has 7 heteroatoms. The lowest BCUT2D eigenvalue weighted by Crippen LogP contribution is -2.32. The molecule has 3 aromatic rings. The molecule has 0 bridgehead atoms. The zero-order chi connectivity index (χ0) is 18.9. The molecule has 0 unspecified atom stereocenters. The van der Waals surface area contributed by atoms with Crippen molar-refractivity contribution < 1.29 is 17.6 Å². The van der Waals surface area contributed by atoms with Crippen molar-refractivity contribution in [3.8, 4) is 0 Å². The predicted octanol–water partition coefficient (Wildman–Crippen LogP) is 4.12. The third kappa shape index (κ3) is 4.14. The molecule has 4 rings (SSSR count). The highest BCUT2D eigenvalue weighted by atomic mass is 32.2. The normalized spacial score (nSPS) is 14.2. The first kappa shape index (κ1) is 18.0. The quantitative estimate of drug-likeness (QED) is 0.597. The van der Waals surface area contributed by atoms with Gasteiger partial charge in [-0.15, -0.1) is 11.3 Å². The molecule has 1 aromatic carbocycles. The lowest BCUT2D eigenvalue weighted by atomic mass is 10.3. The molecule has 0 aliphatic heterocycles. The standard InChI is InChI=1S/C20H19NO4S2/c22-20(21(15-8-9-15)13-17-5-4-12-26-17)19-11-10-16(25-19)14-27(23,24)18-6-2-1-3-7-18/h1-7,10-12,15H,8-9,13-14H2. The Balaban J connectivity index is 1.50. The Morgan fingerprint density at radius 3 is 2.52 bits per heavy atom. The topological polar surface area (TPSA) is 67.6 Å². The summed E-state index contributed by atoms with van der Waals surface area (Å²) in [4.78, 5) is 16.1. The van der Waals surface area contributed by atoms with Crippen molar-refractivity contribution in [3.05, 3.63) is 76.4 Å². The molecule has 0 saturated heterocycles. The maximum absolute atomic E-state index is 12.9. The van der Waals surface area contributed by atoms with Crippen molar-refractivity contribution in [2.45, 2.75) is 36.1 Å². The van der Waals surface area contributed by atoms with Crippen molar-refractivity contribution in [1.29, 1.82) is 0 Å². The van der Waals surface area contributed by atoms with Crippen LogP contribution in [0.15, 0.2) is 69.3 Å². The molecule has 1 saturated carbocycles. The van der Waals surface area contributed by atoms with Crippen LogP contribution in [0.2, 0.25) is 0 Å².